The molecule has 0 radical (unpaired) electrons. The highest BCUT2D eigenvalue weighted by atomic mass is 32.1. The Bertz CT molecular complexity index is 209. The van der Waals surface area contributed by atoms with E-state index >= 15 is 0 Å². The maximum absolute atomic E-state index is 10.6. The van der Waals surface area contributed by atoms with E-state index in [9.17, 15) is 4.79 Å². The van der Waals surface area contributed by atoms with Crippen molar-refractivity contribution in [1.82, 2.24) is 20.6 Å². The molecule has 0 saturated heterocycles. The number of tetrazole rings is 1. The fraction of sp³-hybridized carbons (Fsp3) is 0.333. The van der Waals surface area contributed by atoms with Crippen LogP contribution in [0, 0.1) is 0 Å². The zero-order valence-corrected chi connectivity index (χ0v) is 5.80. The summed E-state index contributed by atoms with van der Waals surface area (Å²) in [6.45, 7) is 0. The van der Waals surface area contributed by atoms with Crippen molar-refractivity contribution in [3.8, 4) is 0 Å². The summed E-state index contributed by atoms with van der Waals surface area (Å²) in [5.41, 5.74) is 0. The summed E-state index contributed by atoms with van der Waals surface area (Å²) in [7, 11) is 0. The number of thiol groups is 1. The van der Waals surface area contributed by atoms with Gasteiger partial charge in [0.25, 0.3) is 5.95 Å². The van der Waals surface area contributed by atoms with Crippen molar-refractivity contribution >= 4 is 24.5 Å². The van der Waals surface area contributed by atoms with Gasteiger partial charge in [0.1, 0.15) is 0 Å². The highest BCUT2D eigenvalue weighted by molar-refractivity contribution is 7.81. The molecule has 0 atom stereocenters. The summed E-state index contributed by atoms with van der Waals surface area (Å²) < 4.78 is 0. The molecule has 1 rings (SSSR count). The molecule has 54 valence electrons. The van der Waals surface area contributed by atoms with Gasteiger partial charge < -0.3 is 0 Å². The Morgan fingerprint density at radius 2 is 2.60 bits per heavy atom. The summed E-state index contributed by atoms with van der Waals surface area (Å²) in [5.74, 6) is 0.0120. The first-order chi connectivity index (χ1) is 4.83. The predicted molar refractivity (Wildman–Crippen MR) is 36.7 cm³/mol. The van der Waals surface area contributed by atoms with Crippen LogP contribution in [0.4, 0.5) is 5.95 Å². The topological polar surface area (TPSA) is 83.6 Å². The van der Waals surface area contributed by atoms with Crippen molar-refractivity contribution in [2.45, 2.75) is 0 Å². The number of aromatic nitrogens is 4. The van der Waals surface area contributed by atoms with Crippen LogP contribution in [0.2, 0.25) is 0 Å². The summed E-state index contributed by atoms with van der Waals surface area (Å²) in [4.78, 5) is 10.6. The van der Waals surface area contributed by atoms with Gasteiger partial charge in [-0.3, -0.25) is 10.1 Å². The van der Waals surface area contributed by atoms with Crippen LogP contribution in [0.3, 0.4) is 0 Å². The lowest BCUT2D eigenvalue weighted by molar-refractivity contribution is -0.113. The minimum Gasteiger partial charge on any atom is -0.291 e. The highest BCUT2D eigenvalue weighted by Gasteiger charge is 2.00. The van der Waals surface area contributed by atoms with Crippen molar-refractivity contribution in [2.75, 3.05) is 11.1 Å². The van der Waals surface area contributed by atoms with Crippen molar-refractivity contribution in [1.29, 1.82) is 0 Å². The third-order valence-corrected chi connectivity index (χ3v) is 1.03. The molecule has 1 amide bonds. The van der Waals surface area contributed by atoms with Crippen LogP contribution < -0.4 is 5.32 Å². The number of aromatic amines is 1. The minimum atomic E-state index is -0.260. The van der Waals surface area contributed by atoms with E-state index in [1.54, 1.807) is 0 Å². The largest absolute Gasteiger partial charge is 0.291 e. The molecule has 2 N–H and O–H groups in total. The van der Waals surface area contributed by atoms with Gasteiger partial charge in [-0.2, -0.15) is 17.8 Å². The second kappa shape index (κ2) is 3.16. The van der Waals surface area contributed by atoms with E-state index in [1.165, 1.54) is 0 Å². The Morgan fingerprint density at radius 1 is 1.80 bits per heavy atom. The van der Waals surface area contributed by atoms with Crippen molar-refractivity contribution in [3.05, 3.63) is 0 Å². The van der Waals surface area contributed by atoms with Crippen LogP contribution in [0.25, 0.3) is 0 Å². The first-order valence-corrected chi connectivity index (χ1v) is 3.10. The molecule has 1 aromatic rings. The van der Waals surface area contributed by atoms with Crippen LogP contribution in [-0.2, 0) is 4.79 Å². The summed E-state index contributed by atoms with van der Waals surface area (Å²) in [6.07, 6.45) is 0. The van der Waals surface area contributed by atoms with E-state index in [1.807, 2.05) is 0 Å². The van der Waals surface area contributed by atoms with Gasteiger partial charge >= 0.3 is 0 Å². The van der Waals surface area contributed by atoms with Crippen molar-refractivity contribution in [2.24, 2.45) is 0 Å². The van der Waals surface area contributed by atoms with Crippen molar-refractivity contribution < 1.29 is 4.79 Å². The molecule has 0 spiro atoms. The molecule has 1 aromatic heterocycles. The van der Waals surface area contributed by atoms with Gasteiger partial charge in [0.05, 0.1) is 5.75 Å². The van der Waals surface area contributed by atoms with Gasteiger partial charge in [-0.1, -0.05) is 5.10 Å². The molecule has 1 heterocycles. The predicted octanol–water partition coefficient (Wildman–Crippen LogP) is -0.932. The average Bonchev–Trinajstić information content (AvgIpc) is 2.40. The molecule has 6 nitrogen and oxygen atoms in total. The molecule has 0 aliphatic rings. The number of hydrogen-bond acceptors (Lipinski definition) is 5. The Labute approximate surface area is 61.8 Å². The zero-order chi connectivity index (χ0) is 7.40. The summed E-state index contributed by atoms with van der Waals surface area (Å²) in [6, 6.07) is 0. The van der Waals surface area contributed by atoms with Gasteiger partial charge in [0.15, 0.2) is 0 Å². The van der Waals surface area contributed by atoms with Crippen LogP contribution in [0.5, 0.6) is 0 Å². The molecule has 0 saturated carbocycles. The molecular weight excluding hydrogens is 154 g/mol. The monoisotopic (exact) mass is 159 g/mol. The van der Waals surface area contributed by atoms with Crippen molar-refractivity contribution in [3.63, 3.8) is 0 Å². The van der Waals surface area contributed by atoms with E-state index in [4.69, 9.17) is 0 Å². The van der Waals surface area contributed by atoms with Gasteiger partial charge in [-0.25, -0.2) is 0 Å². The molecule has 0 aliphatic heterocycles. The lowest BCUT2D eigenvalue weighted by Crippen LogP contribution is -2.13. The number of amides is 1. The van der Waals surface area contributed by atoms with E-state index in [0.29, 0.717) is 0 Å². The van der Waals surface area contributed by atoms with Gasteiger partial charge in [-0.05, 0) is 5.21 Å². The lowest BCUT2D eigenvalue weighted by Gasteiger charge is -1.92. The Kier molecular flexibility index (Phi) is 2.21. The fourth-order valence-corrected chi connectivity index (χ4v) is 0.458. The maximum Gasteiger partial charge on any atom is 0.269 e. The van der Waals surface area contributed by atoms with E-state index in [2.05, 4.69) is 38.6 Å². The number of nitrogens with zero attached hydrogens (tertiary/aromatic N) is 3. The second-order valence-corrected chi connectivity index (χ2v) is 1.76. The van der Waals surface area contributed by atoms with E-state index in [-0.39, 0.29) is 17.6 Å². The standard InChI is InChI=1S/C3H5N5OS/c9-2(1-10)4-3-5-7-8-6-3/h10H,1H2,(H2,4,5,6,7,8,9). The number of hydrogen-bond donors (Lipinski definition) is 3. The van der Waals surface area contributed by atoms with Crippen LogP contribution in [0.15, 0.2) is 0 Å². The number of anilines is 1. The molecule has 0 aliphatic carbocycles. The smallest absolute Gasteiger partial charge is 0.269 e. The van der Waals surface area contributed by atoms with E-state index < -0.39 is 0 Å². The molecule has 10 heavy (non-hydrogen) atoms. The lowest BCUT2D eigenvalue weighted by atomic mass is 10.7. The first kappa shape index (κ1) is 7.00. The number of carbonyl (C=O) groups excluding carboxylic acids is 1. The fourth-order valence-electron chi connectivity index (χ4n) is 0.379. The zero-order valence-electron chi connectivity index (χ0n) is 4.90. The quantitative estimate of drug-likeness (QED) is 0.487. The van der Waals surface area contributed by atoms with Gasteiger partial charge in [-0.15, -0.1) is 5.10 Å². The molecule has 0 fully saturated rings. The van der Waals surface area contributed by atoms with Crippen LogP contribution in [0.1, 0.15) is 0 Å². The average molecular weight is 159 g/mol. The normalized spacial score (nSPS) is 9.30. The minimum absolute atomic E-state index is 0.106. The molecular formula is C3H5N5OS. The number of H-pyrrole nitrogens is 1. The van der Waals surface area contributed by atoms with Gasteiger partial charge in [0.2, 0.25) is 5.91 Å². The maximum atomic E-state index is 10.6. The highest BCUT2D eigenvalue weighted by Crippen LogP contribution is 1.89. The molecule has 0 unspecified atom stereocenters. The Balaban J connectivity index is 2.48. The third-order valence-electron chi connectivity index (χ3n) is 0.740. The molecule has 0 aromatic carbocycles. The number of rotatable bonds is 2. The SMILES string of the molecule is O=C(CS)Nc1nn[nH]n1. The van der Waals surface area contributed by atoms with Crippen LogP contribution >= 0.6 is 12.6 Å². The second-order valence-electron chi connectivity index (χ2n) is 1.44. The Hall–Kier alpha value is -1.11. The molecule has 0 bridgehead atoms. The first-order valence-electron chi connectivity index (χ1n) is 2.47. The summed E-state index contributed by atoms with van der Waals surface area (Å²) >= 11 is 3.73. The number of nitrogens with one attached hydrogen (secondary N) is 2. The van der Waals surface area contributed by atoms with Gasteiger partial charge in [0, 0.05) is 0 Å². The number of carbonyl (C=O) groups is 1. The van der Waals surface area contributed by atoms with E-state index in [0.717, 1.165) is 0 Å². The third kappa shape index (κ3) is 1.69. The summed E-state index contributed by atoms with van der Waals surface area (Å²) in [5, 5.41) is 14.7. The Morgan fingerprint density at radius 3 is 3.10 bits per heavy atom. The molecule has 7 heteroatoms. The van der Waals surface area contributed by atoms with Crippen LogP contribution in [-0.4, -0.2) is 32.3 Å².